The van der Waals surface area contributed by atoms with Crippen molar-refractivity contribution in [1.29, 1.82) is 0 Å². The van der Waals surface area contributed by atoms with E-state index in [9.17, 15) is 9.59 Å². The second kappa shape index (κ2) is 6.26. The summed E-state index contributed by atoms with van der Waals surface area (Å²) in [5.74, 6) is -0.538. The maximum atomic E-state index is 11.7. The monoisotopic (exact) mass is 271 g/mol. The van der Waals surface area contributed by atoms with E-state index in [1.54, 1.807) is 19.9 Å². The summed E-state index contributed by atoms with van der Waals surface area (Å²) in [7, 11) is 1.25. The molecule has 0 fully saturated rings. The van der Waals surface area contributed by atoms with Gasteiger partial charge in [-0.1, -0.05) is 11.6 Å². The summed E-state index contributed by atoms with van der Waals surface area (Å²) in [4.78, 5) is 22.8. The van der Waals surface area contributed by atoms with E-state index < -0.39 is 12.1 Å². The van der Waals surface area contributed by atoms with Gasteiger partial charge in [0.05, 0.1) is 23.8 Å². The highest BCUT2D eigenvalue weighted by atomic mass is 35.5. The number of benzene rings is 1. The third-order valence-corrected chi connectivity index (χ3v) is 2.29. The van der Waals surface area contributed by atoms with Gasteiger partial charge in [-0.05, 0) is 32.0 Å². The maximum absolute atomic E-state index is 11.7. The molecule has 0 saturated heterocycles. The van der Waals surface area contributed by atoms with E-state index in [2.05, 4.69) is 10.1 Å². The Labute approximate surface area is 110 Å². The number of nitrogens with one attached hydrogen (secondary N) is 1. The van der Waals surface area contributed by atoms with E-state index in [1.807, 2.05) is 0 Å². The lowest BCUT2D eigenvalue weighted by Gasteiger charge is -2.10. The molecule has 98 valence electrons. The average molecular weight is 272 g/mol. The van der Waals surface area contributed by atoms with Crippen molar-refractivity contribution in [3.63, 3.8) is 0 Å². The number of hydrogen-bond donors (Lipinski definition) is 1. The lowest BCUT2D eigenvalue weighted by Crippen LogP contribution is -2.14. The number of carbonyl (C=O) groups is 2. The van der Waals surface area contributed by atoms with Gasteiger partial charge in [0, 0.05) is 5.69 Å². The summed E-state index contributed by atoms with van der Waals surface area (Å²) in [6.07, 6.45) is -0.869. The molecule has 1 rings (SSSR count). The summed E-state index contributed by atoms with van der Waals surface area (Å²) >= 11 is 5.90. The van der Waals surface area contributed by atoms with Crippen LogP contribution in [0.15, 0.2) is 18.2 Å². The molecule has 1 N–H and O–H groups in total. The molecule has 0 atom stereocenters. The zero-order valence-corrected chi connectivity index (χ0v) is 11.1. The molecule has 18 heavy (non-hydrogen) atoms. The molecule has 0 saturated carbocycles. The van der Waals surface area contributed by atoms with Crippen LogP contribution in [0.4, 0.5) is 10.5 Å². The van der Waals surface area contributed by atoms with Crippen LogP contribution in [-0.4, -0.2) is 25.3 Å². The molecule has 0 heterocycles. The van der Waals surface area contributed by atoms with Crippen LogP contribution in [0.3, 0.4) is 0 Å². The van der Waals surface area contributed by atoms with Crippen LogP contribution in [-0.2, 0) is 9.47 Å². The van der Waals surface area contributed by atoms with Crippen molar-refractivity contribution in [3.05, 3.63) is 28.8 Å². The van der Waals surface area contributed by atoms with Gasteiger partial charge >= 0.3 is 12.1 Å². The third kappa shape index (κ3) is 3.92. The molecule has 0 aromatic heterocycles. The number of rotatable bonds is 3. The van der Waals surface area contributed by atoms with Crippen molar-refractivity contribution in [1.82, 2.24) is 0 Å². The maximum Gasteiger partial charge on any atom is 0.411 e. The number of esters is 1. The molecule has 1 amide bonds. The quantitative estimate of drug-likeness (QED) is 0.858. The first-order valence-electron chi connectivity index (χ1n) is 5.29. The number of anilines is 1. The molecule has 1 aromatic carbocycles. The Morgan fingerprint density at radius 3 is 2.56 bits per heavy atom. The molecule has 0 radical (unpaired) electrons. The first-order valence-corrected chi connectivity index (χ1v) is 5.67. The van der Waals surface area contributed by atoms with Crippen LogP contribution < -0.4 is 5.32 Å². The number of carbonyl (C=O) groups excluding carboxylic acids is 2. The first-order chi connectivity index (χ1) is 8.43. The fraction of sp³-hybridized carbons (Fsp3) is 0.333. The normalized spacial score (nSPS) is 10.1. The van der Waals surface area contributed by atoms with Crippen LogP contribution in [0.2, 0.25) is 5.02 Å². The highest BCUT2D eigenvalue weighted by Gasteiger charge is 2.14. The van der Waals surface area contributed by atoms with Gasteiger partial charge in [-0.25, -0.2) is 9.59 Å². The van der Waals surface area contributed by atoms with E-state index in [1.165, 1.54) is 19.2 Å². The smallest absolute Gasteiger partial charge is 0.411 e. The Kier molecular flexibility index (Phi) is 4.97. The fourth-order valence-electron chi connectivity index (χ4n) is 1.21. The predicted molar refractivity (Wildman–Crippen MR) is 68.0 cm³/mol. The van der Waals surface area contributed by atoms with E-state index in [-0.39, 0.29) is 16.7 Å². The Bertz CT molecular complexity index is 459. The van der Waals surface area contributed by atoms with Crippen LogP contribution in [0.25, 0.3) is 0 Å². The number of halogens is 1. The van der Waals surface area contributed by atoms with E-state index in [0.717, 1.165) is 0 Å². The van der Waals surface area contributed by atoms with Gasteiger partial charge < -0.3 is 9.47 Å². The lowest BCUT2D eigenvalue weighted by molar-refractivity contribution is 0.0378. The predicted octanol–water partition coefficient (Wildman–Crippen LogP) is 3.08. The molecule has 0 bridgehead atoms. The van der Waals surface area contributed by atoms with Crippen molar-refractivity contribution in [2.75, 3.05) is 12.4 Å². The highest BCUT2D eigenvalue weighted by Crippen LogP contribution is 2.22. The molecule has 0 aliphatic rings. The Morgan fingerprint density at radius 2 is 2.00 bits per heavy atom. The van der Waals surface area contributed by atoms with E-state index in [4.69, 9.17) is 16.3 Å². The third-order valence-electron chi connectivity index (χ3n) is 1.96. The standard InChI is InChI=1S/C12H14ClNO4/c1-7(2)18-11(15)9-6-8(4-5-10(9)13)14-12(16)17-3/h4-7H,1-3H3,(H,14,16). The van der Waals surface area contributed by atoms with Crippen LogP contribution in [0.5, 0.6) is 0 Å². The average Bonchev–Trinajstić information content (AvgIpc) is 2.30. The SMILES string of the molecule is COC(=O)Nc1ccc(Cl)c(C(=O)OC(C)C)c1. The molecule has 0 unspecified atom stereocenters. The molecule has 6 heteroatoms. The Morgan fingerprint density at radius 1 is 1.33 bits per heavy atom. The molecular weight excluding hydrogens is 258 g/mol. The van der Waals surface area contributed by atoms with E-state index in [0.29, 0.717) is 5.69 Å². The second-order valence-corrected chi connectivity index (χ2v) is 4.17. The van der Waals surface area contributed by atoms with Crippen LogP contribution in [0, 0.1) is 0 Å². The molecule has 1 aromatic rings. The number of amides is 1. The van der Waals surface area contributed by atoms with Gasteiger partial charge in [0.15, 0.2) is 0 Å². The Balaban J connectivity index is 2.94. The summed E-state index contributed by atoms with van der Waals surface area (Å²) in [5, 5.41) is 2.70. The molecule has 0 aliphatic carbocycles. The summed E-state index contributed by atoms with van der Waals surface area (Å²) in [6.45, 7) is 3.48. The highest BCUT2D eigenvalue weighted by molar-refractivity contribution is 6.33. The fourth-order valence-corrected chi connectivity index (χ4v) is 1.40. The zero-order chi connectivity index (χ0) is 13.7. The van der Waals surface area contributed by atoms with Gasteiger partial charge in [0.25, 0.3) is 0 Å². The van der Waals surface area contributed by atoms with Gasteiger partial charge in [0.2, 0.25) is 0 Å². The van der Waals surface area contributed by atoms with Crippen LogP contribution in [0.1, 0.15) is 24.2 Å². The van der Waals surface area contributed by atoms with E-state index >= 15 is 0 Å². The largest absolute Gasteiger partial charge is 0.459 e. The van der Waals surface area contributed by atoms with Gasteiger partial charge in [-0.15, -0.1) is 0 Å². The van der Waals surface area contributed by atoms with Gasteiger partial charge in [-0.2, -0.15) is 0 Å². The zero-order valence-electron chi connectivity index (χ0n) is 10.3. The van der Waals surface area contributed by atoms with Crippen molar-refractivity contribution in [3.8, 4) is 0 Å². The number of methoxy groups -OCH3 is 1. The minimum absolute atomic E-state index is 0.194. The molecule has 0 aliphatic heterocycles. The second-order valence-electron chi connectivity index (χ2n) is 3.77. The Hall–Kier alpha value is -1.75. The van der Waals surface area contributed by atoms with Crippen LogP contribution >= 0.6 is 11.6 Å². The minimum Gasteiger partial charge on any atom is -0.459 e. The summed E-state index contributed by atoms with van der Waals surface area (Å²) in [5.41, 5.74) is 0.598. The number of ether oxygens (including phenoxy) is 2. The van der Waals surface area contributed by atoms with Crippen molar-refractivity contribution in [2.45, 2.75) is 20.0 Å². The van der Waals surface area contributed by atoms with Gasteiger partial charge in [-0.3, -0.25) is 5.32 Å². The molecule has 5 nitrogen and oxygen atoms in total. The molecular formula is C12H14ClNO4. The van der Waals surface area contributed by atoms with Gasteiger partial charge in [0.1, 0.15) is 0 Å². The van der Waals surface area contributed by atoms with Crippen molar-refractivity contribution >= 4 is 29.4 Å². The summed E-state index contributed by atoms with van der Waals surface area (Å²) in [6, 6.07) is 4.50. The lowest BCUT2D eigenvalue weighted by atomic mass is 10.2. The van der Waals surface area contributed by atoms with Crippen molar-refractivity contribution in [2.24, 2.45) is 0 Å². The summed E-state index contributed by atoms with van der Waals surface area (Å²) < 4.78 is 9.49. The first kappa shape index (κ1) is 14.3. The number of hydrogen-bond acceptors (Lipinski definition) is 4. The molecule has 0 spiro atoms. The minimum atomic E-state index is -0.625. The topological polar surface area (TPSA) is 64.6 Å². The van der Waals surface area contributed by atoms with Crippen molar-refractivity contribution < 1.29 is 19.1 Å².